The average molecular weight is 251 g/mol. The monoisotopic (exact) mass is 251 g/mol. The topological polar surface area (TPSA) is 58.6 Å². The SMILES string of the molecule is CCNC(COc1cc(C)cc(C)c1C)C(=O)O. The molecule has 0 radical (unpaired) electrons. The van der Waals surface area contributed by atoms with Crippen LogP contribution in [0.2, 0.25) is 0 Å². The number of aliphatic carboxylic acids is 1. The van der Waals surface area contributed by atoms with Crippen molar-refractivity contribution in [3.8, 4) is 5.75 Å². The van der Waals surface area contributed by atoms with Crippen molar-refractivity contribution in [2.75, 3.05) is 13.2 Å². The third kappa shape index (κ3) is 3.74. The number of aryl methyl sites for hydroxylation is 2. The van der Waals surface area contributed by atoms with Gasteiger partial charge in [-0.1, -0.05) is 13.0 Å². The molecule has 1 rings (SSSR count). The highest BCUT2D eigenvalue weighted by molar-refractivity contribution is 5.73. The first-order valence-corrected chi connectivity index (χ1v) is 6.12. The van der Waals surface area contributed by atoms with Crippen molar-refractivity contribution in [3.05, 3.63) is 28.8 Å². The predicted molar refractivity (Wildman–Crippen MR) is 71.2 cm³/mol. The smallest absolute Gasteiger partial charge is 0.324 e. The van der Waals surface area contributed by atoms with Crippen LogP contribution in [0.1, 0.15) is 23.6 Å². The van der Waals surface area contributed by atoms with Crippen molar-refractivity contribution < 1.29 is 14.6 Å². The van der Waals surface area contributed by atoms with Gasteiger partial charge in [-0.25, -0.2) is 0 Å². The molecule has 0 amide bonds. The van der Waals surface area contributed by atoms with E-state index in [9.17, 15) is 4.79 Å². The molecule has 100 valence electrons. The van der Waals surface area contributed by atoms with Gasteiger partial charge in [0.1, 0.15) is 18.4 Å². The number of benzene rings is 1. The van der Waals surface area contributed by atoms with Crippen molar-refractivity contribution in [2.24, 2.45) is 0 Å². The van der Waals surface area contributed by atoms with E-state index >= 15 is 0 Å². The van der Waals surface area contributed by atoms with Gasteiger partial charge < -0.3 is 15.2 Å². The van der Waals surface area contributed by atoms with E-state index < -0.39 is 12.0 Å². The van der Waals surface area contributed by atoms with E-state index in [2.05, 4.69) is 11.4 Å². The highest BCUT2D eigenvalue weighted by Gasteiger charge is 2.17. The molecule has 4 nitrogen and oxygen atoms in total. The van der Waals surface area contributed by atoms with Crippen molar-refractivity contribution in [2.45, 2.75) is 33.7 Å². The molecule has 0 aromatic heterocycles. The lowest BCUT2D eigenvalue weighted by atomic mass is 10.1. The van der Waals surface area contributed by atoms with Gasteiger partial charge in [0.15, 0.2) is 0 Å². The number of carboxylic acids is 1. The van der Waals surface area contributed by atoms with Gasteiger partial charge in [0.2, 0.25) is 0 Å². The molecule has 0 fully saturated rings. The van der Waals surface area contributed by atoms with Crippen molar-refractivity contribution >= 4 is 5.97 Å². The van der Waals surface area contributed by atoms with E-state index in [1.54, 1.807) is 0 Å². The van der Waals surface area contributed by atoms with E-state index in [0.29, 0.717) is 6.54 Å². The van der Waals surface area contributed by atoms with E-state index in [4.69, 9.17) is 9.84 Å². The van der Waals surface area contributed by atoms with Crippen LogP contribution in [0, 0.1) is 20.8 Å². The third-order valence-electron chi connectivity index (χ3n) is 2.92. The number of carbonyl (C=O) groups is 1. The molecule has 0 heterocycles. The molecule has 1 unspecified atom stereocenters. The maximum absolute atomic E-state index is 11.0. The summed E-state index contributed by atoms with van der Waals surface area (Å²) in [5, 5.41) is 11.9. The van der Waals surface area contributed by atoms with Gasteiger partial charge in [0.05, 0.1) is 0 Å². The number of rotatable bonds is 6. The molecule has 18 heavy (non-hydrogen) atoms. The van der Waals surface area contributed by atoms with Gasteiger partial charge in [0, 0.05) is 0 Å². The lowest BCUT2D eigenvalue weighted by Crippen LogP contribution is -2.41. The molecule has 0 aliphatic rings. The van der Waals surface area contributed by atoms with Crippen LogP contribution in [0.15, 0.2) is 12.1 Å². The molecule has 4 heteroatoms. The fourth-order valence-electron chi connectivity index (χ4n) is 1.79. The van der Waals surface area contributed by atoms with E-state index in [-0.39, 0.29) is 6.61 Å². The van der Waals surface area contributed by atoms with Gasteiger partial charge in [0.25, 0.3) is 0 Å². The Hall–Kier alpha value is -1.55. The number of nitrogens with one attached hydrogen (secondary N) is 1. The van der Waals surface area contributed by atoms with Crippen molar-refractivity contribution in [1.82, 2.24) is 5.32 Å². The first-order valence-electron chi connectivity index (χ1n) is 6.12. The summed E-state index contributed by atoms with van der Waals surface area (Å²) in [6.45, 7) is 8.61. The molecule has 1 atom stereocenters. The van der Waals surface area contributed by atoms with Gasteiger partial charge in [-0.2, -0.15) is 0 Å². The Morgan fingerprint density at radius 3 is 2.61 bits per heavy atom. The largest absolute Gasteiger partial charge is 0.491 e. The molecule has 0 saturated carbocycles. The minimum atomic E-state index is -0.890. The number of likely N-dealkylation sites (N-methyl/N-ethyl adjacent to an activating group) is 1. The zero-order valence-electron chi connectivity index (χ0n) is 11.4. The van der Waals surface area contributed by atoms with Crippen LogP contribution in [0.3, 0.4) is 0 Å². The summed E-state index contributed by atoms with van der Waals surface area (Å²) in [4.78, 5) is 11.0. The fraction of sp³-hybridized carbons (Fsp3) is 0.500. The number of hydrogen-bond acceptors (Lipinski definition) is 3. The molecule has 0 saturated heterocycles. The van der Waals surface area contributed by atoms with E-state index in [1.165, 1.54) is 0 Å². The normalized spacial score (nSPS) is 12.2. The second-order valence-electron chi connectivity index (χ2n) is 4.46. The molecular formula is C14H21NO3. The Labute approximate surface area is 108 Å². The summed E-state index contributed by atoms with van der Waals surface area (Å²) in [5.74, 6) is -0.129. The Morgan fingerprint density at radius 2 is 2.06 bits per heavy atom. The minimum absolute atomic E-state index is 0.132. The summed E-state index contributed by atoms with van der Waals surface area (Å²) >= 11 is 0. The van der Waals surface area contributed by atoms with Crippen LogP contribution < -0.4 is 10.1 Å². The summed E-state index contributed by atoms with van der Waals surface area (Å²) in [7, 11) is 0. The lowest BCUT2D eigenvalue weighted by Gasteiger charge is -2.17. The van der Waals surface area contributed by atoms with E-state index in [0.717, 1.165) is 22.4 Å². The van der Waals surface area contributed by atoms with Gasteiger partial charge >= 0.3 is 5.97 Å². The Kier molecular flexibility index (Phi) is 5.16. The standard InChI is InChI=1S/C14H21NO3/c1-5-15-12(14(16)17)8-18-13-7-9(2)6-10(3)11(13)4/h6-7,12,15H,5,8H2,1-4H3,(H,16,17). The lowest BCUT2D eigenvalue weighted by molar-refractivity contribution is -0.140. The first-order chi connectivity index (χ1) is 8.45. The second kappa shape index (κ2) is 6.40. The zero-order chi connectivity index (χ0) is 13.7. The fourth-order valence-corrected chi connectivity index (χ4v) is 1.79. The highest BCUT2D eigenvalue weighted by Crippen LogP contribution is 2.23. The van der Waals surface area contributed by atoms with E-state index in [1.807, 2.05) is 33.8 Å². The number of hydrogen-bond donors (Lipinski definition) is 2. The maximum atomic E-state index is 11.0. The highest BCUT2D eigenvalue weighted by atomic mass is 16.5. The van der Waals surface area contributed by atoms with Crippen molar-refractivity contribution in [1.29, 1.82) is 0 Å². The number of ether oxygens (including phenoxy) is 1. The zero-order valence-corrected chi connectivity index (χ0v) is 11.4. The molecule has 0 aliphatic heterocycles. The Morgan fingerprint density at radius 1 is 1.39 bits per heavy atom. The van der Waals surface area contributed by atoms with Gasteiger partial charge in [-0.15, -0.1) is 0 Å². The third-order valence-corrected chi connectivity index (χ3v) is 2.92. The number of carboxylic acid groups (broad SMARTS) is 1. The molecule has 1 aromatic carbocycles. The molecule has 0 aliphatic carbocycles. The van der Waals surface area contributed by atoms with Crippen LogP contribution in [-0.4, -0.2) is 30.3 Å². The van der Waals surface area contributed by atoms with Crippen molar-refractivity contribution in [3.63, 3.8) is 0 Å². The second-order valence-corrected chi connectivity index (χ2v) is 4.46. The molecule has 1 aromatic rings. The summed E-state index contributed by atoms with van der Waals surface area (Å²) in [6.07, 6.45) is 0. The molecular weight excluding hydrogens is 230 g/mol. The molecule has 0 bridgehead atoms. The predicted octanol–water partition coefficient (Wildman–Crippen LogP) is 2.05. The van der Waals surface area contributed by atoms with Crippen LogP contribution >= 0.6 is 0 Å². The van der Waals surface area contributed by atoms with Crippen LogP contribution in [0.5, 0.6) is 5.75 Å². The average Bonchev–Trinajstić information content (AvgIpc) is 2.29. The first kappa shape index (κ1) is 14.5. The van der Waals surface area contributed by atoms with Crippen LogP contribution in [0.25, 0.3) is 0 Å². The van der Waals surface area contributed by atoms with Crippen LogP contribution in [0.4, 0.5) is 0 Å². The quantitative estimate of drug-likeness (QED) is 0.812. The van der Waals surface area contributed by atoms with Crippen LogP contribution in [-0.2, 0) is 4.79 Å². The Bertz CT molecular complexity index is 429. The van der Waals surface area contributed by atoms with Gasteiger partial charge in [-0.3, -0.25) is 4.79 Å². The van der Waals surface area contributed by atoms with Gasteiger partial charge in [-0.05, 0) is 50.1 Å². The maximum Gasteiger partial charge on any atom is 0.324 e. The summed E-state index contributed by atoms with van der Waals surface area (Å²) < 4.78 is 5.63. The minimum Gasteiger partial charge on any atom is -0.491 e. The molecule has 0 spiro atoms. The Balaban J connectivity index is 2.76. The summed E-state index contributed by atoms with van der Waals surface area (Å²) in [6, 6.07) is 3.35. The molecule has 2 N–H and O–H groups in total. The summed E-state index contributed by atoms with van der Waals surface area (Å²) in [5.41, 5.74) is 3.32.